The molecule has 0 aliphatic carbocycles. The second kappa shape index (κ2) is 4.95. The summed E-state index contributed by atoms with van der Waals surface area (Å²) in [5.74, 6) is 0. The van der Waals surface area contributed by atoms with Crippen LogP contribution < -0.4 is 4.90 Å². The lowest BCUT2D eigenvalue weighted by atomic mass is 10.2. The van der Waals surface area contributed by atoms with Crippen LogP contribution in [0.1, 0.15) is 16.2 Å². The highest BCUT2D eigenvalue weighted by Gasteiger charge is 2.39. The molecule has 5 nitrogen and oxygen atoms in total. The van der Waals surface area contributed by atoms with Crippen molar-refractivity contribution in [3.63, 3.8) is 0 Å². The number of alkyl halides is 3. The summed E-state index contributed by atoms with van der Waals surface area (Å²) in [6.07, 6.45) is -4.67. The Bertz CT molecular complexity index is 617. The number of carbonyl (C=O) groups is 1. The second-order valence-electron chi connectivity index (χ2n) is 4.26. The number of carbonyl (C=O) groups excluding carboxylic acids is 1. The van der Waals surface area contributed by atoms with Crippen LogP contribution in [0.4, 0.5) is 18.9 Å². The van der Waals surface area contributed by atoms with E-state index in [9.17, 15) is 18.0 Å². The lowest BCUT2D eigenvalue weighted by Gasteiger charge is -2.14. The molecule has 106 valence electrons. The molecule has 2 rings (SSSR count). The molecule has 8 heteroatoms. The van der Waals surface area contributed by atoms with Crippen LogP contribution in [0.2, 0.25) is 0 Å². The first-order valence-corrected chi connectivity index (χ1v) is 5.60. The van der Waals surface area contributed by atoms with Crippen molar-refractivity contribution in [2.75, 3.05) is 19.0 Å². The van der Waals surface area contributed by atoms with E-state index in [1.165, 1.54) is 12.1 Å². The molecule has 1 heterocycles. The Morgan fingerprint density at radius 2 is 1.80 bits per heavy atom. The van der Waals surface area contributed by atoms with E-state index in [2.05, 4.69) is 10.3 Å². The highest BCUT2D eigenvalue weighted by Crippen LogP contribution is 2.32. The summed E-state index contributed by atoms with van der Waals surface area (Å²) in [4.78, 5) is 12.5. The minimum Gasteiger partial charge on any atom is -0.378 e. The van der Waals surface area contributed by atoms with Gasteiger partial charge in [0.15, 0.2) is 17.7 Å². The minimum absolute atomic E-state index is 0.0422. The number of benzene rings is 1. The third-order valence-electron chi connectivity index (χ3n) is 2.69. The van der Waals surface area contributed by atoms with Crippen LogP contribution in [-0.2, 0) is 6.18 Å². The van der Waals surface area contributed by atoms with E-state index >= 15 is 0 Å². The van der Waals surface area contributed by atoms with Crippen LogP contribution in [0, 0.1) is 0 Å². The summed E-state index contributed by atoms with van der Waals surface area (Å²) in [5.41, 5.74) is -0.888. The summed E-state index contributed by atoms with van der Waals surface area (Å²) in [5, 5.41) is 6.65. The quantitative estimate of drug-likeness (QED) is 0.810. The van der Waals surface area contributed by atoms with E-state index < -0.39 is 17.6 Å². The largest absolute Gasteiger partial charge is 0.435 e. The Morgan fingerprint density at radius 1 is 1.20 bits per heavy atom. The van der Waals surface area contributed by atoms with Crippen LogP contribution in [0.15, 0.2) is 24.3 Å². The van der Waals surface area contributed by atoms with Gasteiger partial charge >= 0.3 is 6.18 Å². The summed E-state index contributed by atoms with van der Waals surface area (Å²) < 4.78 is 39.5. The van der Waals surface area contributed by atoms with Crippen molar-refractivity contribution in [3.8, 4) is 5.69 Å². The predicted molar refractivity (Wildman–Crippen MR) is 66.1 cm³/mol. The minimum atomic E-state index is -4.71. The van der Waals surface area contributed by atoms with Gasteiger partial charge in [-0.3, -0.25) is 4.79 Å². The molecule has 0 bridgehead atoms. The van der Waals surface area contributed by atoms with Gasteiger partial charge in [0.1, 0.15) is 0 Å². The third kappa shape index (κ3) is 2.49. The van der Waals surface area contributed by atoms with Gasteiger partial charge in [-0.05, 0) is 24.3 Å². The maximum atomic E-state index is 13.0. The Morgan fingerprint density at radius 3 is 2.25 bits per heavy atom. The topological polar surface area (TPSA) is 51.0 Å². The van der Waals surface area contributed by atoms with Crippen LogP contribution in [-0.4, -0.2) is 35.4 Å². The number of aldehydes is 1. The molecular weight excluding hydrogens is 273 g/mol. The Labute approximate surface area is 112 Å². The fourth-order valence-corrected chi connectivity index (χ4v) is 1.71. The molecule has 0 aliphatic rings. The van der Waals surface area contributed by atoms with Crippen LogP contribution in [0.5, 0.6) is 0 Å². The van der Waals surface area contributed by atoms with Crippen molar-refractivity contribution in [1.82, 2.24) is 15.0 Å². The molecular formula is C12H11F3N4O. The summed E-state index contributed by atoms with van der Waals surface area (Å²) >= 11 is 0. The molecule has 20 heavy (non-hydrogen) atoms. The number of anilines is 1. The van der Waals surface area contributed by atoms with Crippen LogP contribution in [0.25, 0.3) is 5.69 Å². The molecule has 0 N–H and O–H groups in total. The van der Waals surface area contributed by atoms with Gasteiger partial charge in [0.25, 0.3) is 0 Å². The predicted octanol–water partition coefficient (Wildman–Crippen LogP) is 2.16. The highest BCUT2D eigenvalue weighted by atomic mass is 19.4. The SMILES string of the molecule is CN(C)c1ccc(-n2nnc(C=O)c2C(F)(F)F)cc1. The summed E-state index contributed by atoms with van der Waals surface area (Å²) in [6, 6.07) is 6.26. The molecule has 1 aromatic heterocycles. The van der Waals surface area contributed by atoms with Crippen molar-refractivity contribution in [2.45, 2.75) is 6.18 Å². The first-order chi connectivity index (χ1) is 9.34. The number of halogens is 3. The van der Waals surface area contributed by atoms with Crippen molar-refractivity contribution in [3.05, 3.63) is 35.7 Å². The fourth-order valence-electron chi connectivity index (χ4n) is 1.71. The zero-order valence-electron chi connectivity index (χ0n) is 10.7. The maximum Gasteiger partial charge on any atom is 0.435 e. The van der Waals surface area contributed by atoms with Crippen LogP contribution >= 0.6 is 0 Å². The first-order valence-electron chi connectivity index (χ1n) is 5.60. The molecule has 0 atom stereocenters. The van der Waals surface area contributed by atoms with Crippen molar-refractivity contribution < 1.29 is 18.0 Å². The molecule has 0 saturated carbocycles. The van der Waals surface area contributed by atoms with Gasteiger partial charge in [-0.2, -0.15) is 13.2 Å². The zero-order chi connectivity index (χ0) is 14.9. The van der Waals surface area contributed by atoms with Gasteiger partial charge in [-0.1, -0.05) is 5.21 Å². The van der Waals surface area contributed by atoms with Gasteiger partial charge in [0.2, 0.25) is 0 Å². The highest BCUT2D eigenvalue weighted by molar-refractivity contribution is 5.74. The Balaban J connectivity index is 2.53. The zero-order valence-corrected chi connectivity index (χ0v) is 10.7. The monoisotopic (exact) mass is 284 g/mol. The number of hydrogen-bond acceptors (Lipinski definition) is 4. The number of nitrogens with zero attached hydrogens (tertiary/aromatic N) is 4. The van der Waals surface area contributed by atoms with E-state index in [1.54, 1.807) is 12.1 Å². The number of rotatable bonds is 3. The van der Waals surface area contributed by atoms with E-state index in [1.807, 2.05) is 19.0 Å². The van der Waals surface area contributed by atoms with Gasteiger partial charge in [0.05, 0.1) is 5.69 Å². The summed E-state index contributed by atoms with van der Waals surface area (Å²) in [6.45, 7) is 0. The average Bonchev–Trinajstić information content (AvgIpc) is 2.82. The van der Waals surface area contributed by atoms with Crippen molar-refractivity contribution in [1.29, 1.82) is 0 Å². The lowest BCUT2D eigenvalue weighted by molar-refractivity contribution is -0.143. The fraction of sp³-hybridized carbons (Fsp3) is 0.250. The van der Waals surface area contributed by atoms with Gasteiger partial charge < -0.3 is 4.90 Å². The normalized spacial score (nSPS) is 11.4. The third-order valence-corrected chi connectivity index (χ3v) is 2.69. The molecule has 0 fully saturated rings. The van der Waals surface area contributed by atoms with Crippen molar-refractivity contribution in [2.24, 2.45) is 0 Å². The average molecular weight is 284 g/mol. The molecule has 0 amide bonds. The van der Waals surface area contributed by atoms with E-state index in [0.29, 0.717) is 4.68 Å². The van der Waals surface area contributed by atoms with Crippen molar-refractivity contribution >= 4 is 12.0 Å². The molecule has 0 spiro atoms. The molecule has 0 unspecified atom stereocenters. The summed E-state index contributed by atoms with van der Waals surface area (Å²) in [7, 11) is 3.63. The number of aromatic nitrogens is 3. The maximum absolute atomic E-state index is 13.0. The van der Waals surface area contributed by atoms with Gasteiger partial charge in [-0.15, -0.1) is 5.10 Å². The molecule has 0 saturated heterocycles. The molecule has 0 aliphatic heterocycles. The smallest absolute Gasteiger partial charge is 0.378 e. The first kappa shape index (κ1) is 14.0. The number of hydrogen-bond donors (Lipinski definition) is 0. The van der Waals surface area contributed by atoms with Crippen LogP contribution in [0.3, 0.4) is 0 Å². The van der Waals surface area contributed by atoms with E-state index in [0.717, 1.165) is 5.69 Å². The molecule has 1 aromatic carbocycles. The Kier molecular flexibility index (Phi) is 3.47. The van der Waals surface area contributed by atoms with Gasteiger partial charge in [0, 0.05) is 19.8 Å². The lowest BCUT2D eigenvalue weighted by Crippen LogP contribution is -2.15. The molecule has 0 radical (unpaired) electrons. The van der Waals surface area contributed by atoms with Gasteiger partial charge in [-0.25, -0.2) is 4.68 Å². The standard InChI is InChI=1S/C12H11F3N4O/c1-18(2)8-3-5-9(6-4-8)19-11(12(13,14)15)10(7-20)16-17-19/h3-7H,1-2H3. The van der Waals surface area contributed by atoms with E-state index in [-0.39, 0.29) is 12.0 Å². The second-order valence-corrected chi connectivity index (χ2v) is 4.26. The Hall–Kier alpha value is -2.38. The molecule has 2 aromatic rings. The van der Waals surface area contributed by atoms with E-state index in [4.69, 9.17) is 0 Å².